The van der Waals surface area contributed by atoms with Gasteiger partial charge in [0.15, 0.2) is 0 Å². The Morgan fingerprint density at radius 3 is 2.53 bits per heavy atom. The molecule has 0 saturated carbocycles. The molecule has 3 unspecified atom stereocenters. The Kier molecular flexibility index (Phi) is 6.60. The number of ether oxygens (including phenoxy) is 2. The minimum atomic E-state index is -0.752. The van der Waals surface area contributed by atoms with Crippen LogP contribution in [0.15, 0.2) is 18.2 Å². The molecule has 1 aromatic rings. The Morgan fingerprint density at radius 2 is 1.87 bits per heavy atom. The van der Waals surface area contributed by atoms with Crippen LogP contribution in [0.3, 0.4) is 0 Å². The van der Waals surface area contributed by atoms with Gasteiger partial charge in [-0.05, 0) is 18.6 Å². The van der Waals surface area contributed by atoms with Crippen molar-refractivity contribution >= 4 is 17.5 Å². The van der Waals surface area contributed by atoms with Crippen molar-refractivity contribution in [3.8, 4) is 0 Å². The summed E-state index contributed by atoms with van der Waals surface area (Å²) in [6.45, 7) is 4.99. The van der Waals surface area contributed by atoms with Gasteiger partial charge >= 0.3 is 0 Å². The first-order valence-electron chi connectivity index (χ1n) is 10.4. The van der Waals surface area contributed by atoms with Crippen LogP contribution in [-0.4, -0.2) is 75.4 Å². The lowest BCUT2D eigenvalue weighted by atomic mass is 9.96. The van der Waals surface area contributed by atoms with E-state index < -0.39 is 17.6 Å². The number of carbonyl (C=O) groups is 2. The summed E-state index contributed by atoms with van der Waals surface area (Å²) in [6, 6.07) is 3.13. The minimum absolute atomic E-state index is 0.0265. The summed E-state index contributed by atoms with van der Waals surface area (Å²) in [7, 11) is 0. The number of hydrogen-bond donors (Lipinski definition) is 1. The molecular formula is C21H27F2N3O4. The van der Waals surface area contributed by atoms with Crippen LogP contribution >= 0.6 is 0 Å². The fourth-order valence-electron chi connectivity index (χ4n) is 4.54. The van der Waals surface area contributed by atoms with Crippen molar-refractivity contribution in [2.24, 2.45) is 11.8 Å². The SMILES string of the molecule is O=C(NCC(C1CCOC1)N1CCOCC1)C1CC(=O)N(c2cc(F)cc(F)c2)C1. The van der Waals surface area contributed by atoms with E-state index in [1.807, 2.05) is 0 Å². The molecule has 2 amide bonds. The number of halogens is 2. The van der Waals surface area contributed by atoms with Crippen molar-refractivity contribution in [1.82, 2.24) is 10.2 Å². The highest BCUT2D eigenvalue weighted by molar-refractivity contribution is 6.00. The van der Waals surface area contributed by atoms with Gasteiger partial charge in [-0.3, -0.25) is 14.5 Å². The van der Waals surface area contributed by atoms with Crippen molar-refractivity contribution in [2.45, 2.75) is 18.9 Å². The first kappa shape index (κ1) is 21.1. The van der Waals surface area contributed by atoms with Crippen molar-refractivity contribution in [1.29, 1.82) is 0 Å². The maximum atomic E-state index is 13.5. The van der Waals surface area contributed by atoms with E-state index in [1.54, 1.807) is 0 Å². The first-order chi connectivity index (χ1) is 14.5. The zero-order valence-electron chi connectivity index (χ0n) is 16.8. The second-order valence-corrected chi connectivity index (χ2v) is 8.12. The van der Waals surface area contributed by atoms with Crippen molar-refractivity contribution in [3.63, 3.8) is 0 Å². The van der Waals surface area contributed by atoms with E-state index in [0.717, 1.165) is 44.3 Å². The van der Waals surface area contributed by atoms with Crippen LogP contribution in [0, 0.1) is 23.5 Å². The normalized spacial score (nSPS) is 26.2. The minimum Gasteiger partial charge on any atom is -0.381 e. The molecule has 164 valence electrons. The molecule has 7 nitrogen and oxygen atoms in total. The summed E-state index contributed by atoms with van der Waals surface area (Å²) in [6.07, 6.45) is 0.984. The van der Waals surface area contributed by atoms with Crippen LogP contribution in [0.2, 0.25) is 0 Å². The van der Waals surface area contributed by atoms with E-state index in [2.05, 4.69) is 10.2 Å². The molecule has 3 heterocycles. The average Bonchev–Trinajstić information content (AvgIpc) is 3.38. The summed E-state index contributed by atoms with van der Waals surface area (Å²) in [5.74, 6) is -2.22. The van der Waals surface area contributed by atoms with Gasteiger partial charge in [0.2, 0.25) is 11.8 Å². The van der Waals surface area contributed by atoms with E-state index in [4.69, 9.17) is 9.47 Å². The molecule has 0 aliphatic carbocycles. The van der Waals surface area contributed by atoms with E-state index in [9.17, 15) is 18.4 Å². The van der Waals surface area contributed by atoms with Crippen molar-refractivity contribution in [3.05, 3.63) is 29.8 Å². The molecule has 0 bridgehead atoms. The summed E-state index contributed by atoms with van der Waals surface area (Å²) in [5.41, 5.74) is 0.141. The lowest BCUT2D eigenvalue weighted by molar-refractivity contribution is -0.126. The summed E-state index contributed by atoms with van der Waals surface area (Å²) in [5, 5.41) is 3.01. The number of carbonyl (C=O) groups excluding carboxylic acids is 2. The van der Waals surface area contributed by atoms with Gasteiger partial charge in [-0.25, -0.2) is 8.78 Å². The van der Waals surface area contributed by atoms with Gasteiger partial charge in [-0.15, -0.1) is 0 Å². The maximum absolute atomic E-state index is 13.5. The molecule has 3 aliphatic heterocycles. The Morgan fingerprint density at radius 1 is 1.13 bits per heavy atom. The summed E-state index contributed by atoms with van der Waals surface area (Å²) < 4.78 is 38.0. The standard InChI is InChI=1S/C21H27F2N3O4/c22-16-8-17(23)10-18(9-16)26-12-15(7-20(26)27)21(28)24-11-19(14-1-4-30-13-14)25-2-5-29-6-3-25/h8-10,14-15,19H,1-7,11-13H2,(H,24,28). The third-order valence-electron chi connectivity index (χ3n) is 6.16. The number of rotatable bonds is 6. The molecule has 3 fully saturated rings. The highest BCUT2D eigenvalue weighted by Crippen LogP contribution is 2.27. The number of anilines is 1. The topological polar surface area (TPSA) is 71.1 Å². The number of hydrogen-bond acceptors (Lipinski definition) is 5. The molecule has 1 N–H and O–H groups in total. The van der Waals surface area contributed by atoms with Gasteiger partial charge < -0.3 is 19.7 Å². The fraction of sp³-hybridized carbons (Fsp3) is 0.619. The predicted molar refractivity (Wildman–Crippen MR) is 105 cm³/mol. The summed E-state index contributed by atoms with van der Waals surface area (Å²) >= 11 is 0. The maximum Gasteiger partial charge on any atom is 0.227 e. The number of nitrogens with one attached hydrogen (secondary N) is 1. The molecule has 4 rings (SSSR count). The molecule has 3 saturated heterocycles. The largest absolute Gasteiger partial charge is 0.381 e. The van der Waals surface area contributed by atoms with Crippen LogP contribution in [0.1, 0.15) is 12.8 Å². The Balaban J connectivity index is 1.37. The van der Waals surface area contributed by atoms with Gasteiger partial charge in [0, 0.05) is 62.9 Å². The van der Waals surface area contributed by atoms with Gasteiger partial charge in [0.05, 0.1) is 25.7 Å². The van der Waals surface area contributed by atoms with Crippen LogP contribution in [0.4, 0.5) is 14.5 Å². The molecule has 0 aromatic heterocycles. The molecule has 3 aliphatic rings. The van der Waals surface area contributed by atoms with Crippen LogP contribution in [0.25, 0.3) is 0 Å². The third-order valence-corrected chi connectivity index (χ3v) is 6.16. The van der Waals surface area contributed by atoms with Gasteiger partial charge in [0.1, 0.15) is 11.6 Å². The lowest BCUT2D eigenvalue weighted by Crippen LogP contribution is -2.53. The Bertz CT molecular complexity index is 761. The number of amides is 2. The lowest BCUT2D eigenvalue weighted by Gasteiger charge is -2.37. The highest BCUT2D eigenvalue weighted by atomic mass is 19.1. The highest BCUT2D eigenvalue weighted by Gasteiger charge is 2.37. The van der Waals surface area contributed by atoms with E-state index >= 15 is 0 Å². The average molecular weight is 423 g/mol. The molecule has 0 spiro atoms. The van der Waals surface area contributed by atoms with Crippen LogP contribution < -0.4 is 10.2 Å². The van der Waals surface area contributed by atoms with Gasteiger partial charge in [-0.2, -0.15) is 0 Å². The molecule has 1 aromatic carbocycles. The van der Waals surface area contributed by atoms with Crippen molar-refractivity contribution in [2.75, 3.05) is 57.5 Å². The number of nitrogens with zero attached hydrogens (tertiary/aromatic N) is 2. The molecule has 9 heteroatoms. The van der Waals surface area contributed by atoms with Gasteiger partial charge in [0.25, 0.3) is 0 Å². The zero-order chi connectivity index (χ0) is 21.1. The molecule has 0 radical (unpaired) electrons. The molecular weight excluding hydrogens is 396 g/mol. The van der Waals surface area contributed by atoms with E-state index in [-0.39, 0.29) is 36.5 Å². The molecule has 30 heavy (non-hydrogen) atoms. The predicted octanol–water partition coefficient (Wildman–Crippen LogP) is 1.17. The summed E-state index contributed by atoms with van der Waals surface area (Å²) in [4.78, 5) is 28.8. The quantitative estimate of drug-likeness (QED) is 0.744. The van der Waals surface area contributed by atoms with Crippen molar-refractivity contribution < 1.29 is 27.8 Å². The fourth-order valence-corrected chi connectivity index (χ4v) is 4.54. The van der Waals surface area contributed by atoms with E-state index in [1.165, 1.54) is 4.90 Å². The number of morpholine rings is 1. The monoisotopic (exact) mass is 423 g/mol. The van der Waals surface area contributed by atoms with Crippen LogP contribution in [0.5, 0.6) is 0 Å². The second-order valence-electron chi connectivity index (χ2n) is 8.12. The van der Waals surface area contributed by atoms with E-state index in [0.29, 0.717) is 32.3 Å². The third kappa shape index (κ3) is 4.79. The molecule has 3 atom stereocenters. The number of benzene rings is 1. The Hall–Kier alpha value is -2.10. The smallest absolute Gasteiger partial charge is 0.227 e. The zero-order valence-corrected chi connectivity index (χ0v) is 16.8. The Labute approximate surface area is 174 Å². The first-order valence-corrected chi connectivity index (χ1v) is 10.4. The van der Waals surface area contributed by atoms with Crippen LogP contribution in [-0.2, 0) is 19.1 Å². The van der Waals surface area contributed by atoms with Gasteiger partial charge in [-0.1, -0.05) is 0 Å². The second kappa shape index (κ2) is 9.36.